The van der Waals surface area contributed by atoms with Crippen LogP contribution in [-0.4, -0.2) is 60.8 Å². The number of halogens is 4. The summed E-state index contributed by atoms with van der Waals surface area (Å²) < 4.78 is 0. The van der Waals surface area contributed by atoms with Gasteiger partial charge in [0.15, 0.2) is 0 Å². The van der Waals surface area contributed by atoms with E-state index in [0.29, 0.717) is 0 Å². The molecule has 0 aliphatic heterocycles. The van der Waals surface area contributed by atoms with E-state index in [0.717, 1.165) is 0 Å². The summed E-state index contributed by atoms with van der Waals surface area (Å²) in [4.78, 5) is 0. The van der Waals surface area contributed by atoms with Crippen LogP contribution in [-0.2, 0) is 0 Å². The van der Waals surface area contributed by atoms with E-state index in [1.165, 1.54) is 0 Å². The van der Waals surface area contributed by atoms with Crippen LogP contribution in [0.25, 0.3) is 0 Å². The fraction of sp³-hybridized carbons (Fsp3) is 0. The second-order valence-electron chi connectivity index (χ2n) is 0. The molecule has 0 aliphatic carbocycles. The zero-order chi connectivity index (χ0) is 0. The van der Waals surface area contributed by atoms with Crippen molar-refractivity contribution in [3.05, 3.63) is 0 Å². The van der Waals surface area contributed by atoms with Crippen LogP contribution in [0.4, 0.5) is 0 Å². The van der Waals surface area contributed by atoms with Crippen LogP contribution < -0.4 is 131 Å². The molecule has 0 amide bonds. The maximum atomic E-state index is 0. The molecule has 0 aromatic heterocycles. The molecule has 8 heteroatoms. The van der Waals surface area contributed by atoms with Crippen molar-refractivity contribution in [1.29, 1.82) is 0 Å². The normalized spacial score (nSPS) is 0. The summed E-state index contributed by atoms with van der Waals surface area (Å²) in [6, 6.07) is 0. The predicted molar refractivity (Wildman–Crippen MR) is 11.5 cm³/mol. The third-order valence-electron chi connectivity index (χ3n) is 0. The fourth-order valence-electron chi connectivity index (χ4n) is 0. The standard InChI is InChI=1S/Ca.4ClH.K.Mg.Na/h;4*1H;;;/q+2;;;;;+1;+2;+1/p-4. The molecule has 0 unspecified atom stereocenters. The van der Waals surface area contributed by atoms with Gasteiger partial charge in [-0.2, -0.15) is 0 Å². The van der Waals surface area contributed by atoms with Crippen molar-refractivity contribution in [2.75, 3.05) is 0 Å². The van der Waals surface area contributed by atoms with E-state index in [1.54, 1.807) is 0 Å². The summed E-state index contributed by atoms with van der Waals surface area (Å²) in [7, 11) is 0. The van der Waals surface area contributed by atoms with Crippen LogP contribution in [0.3, 0.4) is 0 Å². The summed E-state index contributed by atoms with van der Waals surface area (Å²) in [6.45, 7) is 0. The van der Waals surface area contributed by atoms with Crippen molar-refractivity contribution in [2.45, 2.75) is 0 Å². The number of hydrogen-bond donors (Lipinski definition) is 0. The van der Waals surface area contributed by atoms with Crippen molar-refractivity contribution in [3.8, 4) is 0 Å². The molecule has 0 nitrogen and oxygen atoms in total. The van der Waals surface area contributed by atoms with Crippen molar-refractivity contribution >= 4 is 60.8 Å². The second-order valence-corrected chi connectivity index (χ2v) is 0. The van der Waals surface area contributed by atoms with Gasteiger partial charge in [-0.1, -0.05) is 0 Å². The Hall–Kier alpha value is 5.82. The van der Waals surface area contributed by atoms with Crippen molar-refractivity contribution in [1.82, 2.24) is 0 Å². The molecule has 0 spiro atoms. The van der Waals surface area contributed by atoms with E-state index in [2.05, 4.69) is 0 Å². The minimum Gasteiger partial charge on any atom is -1.00 e. The van der Waals surface area contributed by atoms with Gasteiger partial charge in [0, 0.05) is 0 Å². The van der Waals surface area contributed by atoms with Crippen LogP contribution >= 0.6 is 0 Å². The van der Waals surface area contributed by atoms with Gasteiger partial charge in [0.1, 0.15) is 0 Å². The molecule has 8 heavy (non-hydrogen) atoms. The molecule has 0 bridgehead atoms. The summed E-state index contributed by atoms with van der Waals surface area (Å²) >= 11 is 0. The molecule has 0 radical (unpaired) electrons. The van der Waals surface area contributed by atoms with E-state index >= 15 is 0 Å². The Labute approximate surface area is 186 Å². The molecule has 0 heterocycles. The van der Waals surface area contributed by atoms with Crippen molar-refractivity contribution in [2.24, 2.45) is 0 Å². The number of rotatable bonds is 0. The Morgan fingerprint density at radius 1 is 0.625 bits per heavy atom. The quantitative estimate of drug-likeness (QED) is 0.383. The number of hydrogen-bond acceptors (Lipinski definition) is 0. The molecule has 0 aromatic carbocycles. The Morgan fingerprint density at radius 2 is 0.625 bits per heavy atom. The summed E-state index contributed by atoms with van der Waals surface area (Å²) in [5, 5.41) is 0. The average molecular weight is 268 g/mol. The largest absolute Gasteiger partial charge is 2.00 e. The summed E-state index contributed by atoms with van der Waals surface area (Å²) in [6.07, 6.45) is 0. The first kappa shape index (κ1) is 67.0. The Kier molecular flexibility index (Phi) is 443. The van der Waals surface area contributed by atoms with Gasteiger partial charge in [0.05, 0.1) is 0 Å². The first-order valence-corrected chi connectivity index (χ1v) is 0. The van der Waals surface area contributed by atoms with Crippen LogP contribution in [0.1, 0.15) is 0 Å². The Balaban J connectivity index is 0. The molecule has 0 fully saturated rings. The predicted octanol–water partition coefficient (Wildman–Crippen LogP) is -18.7. The molecule has 0 rings (SSSR count). The van der Waals surface area contributed by atoms with Gasteiger partial charge in [0.25, 0.3) is 0 Å². The molecular formula is CaCl4KMgNa+2. The molecule has 0 aromatic rings. The Morgan fingerprint density at radius 3 is 0.625 bits per heavy atom. The van der Waals surface area contributed by atoms with Gasteiger partial charge >= 0.3 is 142 Å². The minimum atomic E-state index is 0. The maximum absolute atomic E-state index is 0. The van der Waals surface area contributed by atoms with Gasteiger partial charge in [0.2, 0.25) is 0 Å². The third kappa shape index (κ3) is 40.8. The molecule has 0 aliphatic rings. The van der Waals surface area contributed by atoms with E-state index < -0.39 is 0 Å². The molecule has 0 atom stereocenters. The summed E-state index contributed by atoms with van der Waals surface area (Å²) in [5.74, 6) is 0. The van der Waals surface area contributed by atoms with Crippen LogP contribution in [0.5, 0.6) is 0 Å². The molecule has 0 saturated carbocycles. The van der Waals surface area contributed by atoms with Gasteiger partial charge in [-0.3, -0.25) is 0 Å². The fourth-order valence-corrected chi connectivity index (χ4v) is 0. The van der Waals surface area contributed by atoms with Crippen molar-refractivity contribution in [3.63, 3.8) is 0 Å². The second kappa shape index (κ2) is 52.9. The van der Waals surface area contributed by atoms with E-state index in [-0.39, 0.29) is 191 Å². The zero-order valence-electron chi connectivity index (χ0n) is 4.93. The SMILES string of the molecule is [Ca+2].[Cl-].[Cl-].[Cl-].[Cl-].[K+].[Mg+2].[Na+]. The monoisotopic (exact) mass is 266 g/mol. The molecular weight excluding hydrogens is 268 g/mol. The van der Waals surface area contributed by atoms with E-state index in [4.69, 9.17) is 0 Å². The topological polar surface area (TPSA) is 0 Å². The smallest absolute Gasteiger partial charge is 1.00 e. The zero-order valence-corrected chi connectivity index (χ0v) is 16.7. The third-order valence-corrected chi connectivity index (χ3v) is 0. The van der Waals surface area contributed by atoms with Gasteiger partial charge < -0.3 is 49.6 Å². The minimum absolute atomic E-state index is 0. The van der Waals surface area contributed by atoms with Crippen LogP contribution in [0.2, 0.25) is 0 Å². The van der Waals surface area contributed by atoms with Gasteiger partial charge in [-0.05, 0) is 0 Å². The molecule has 32 valence electrons. The Bertz CT molecular complexity index is 16.0. The van der Waals surface area contributed by atoms with Crippen LogP contribution in [0, 0.1) is 0 Å². The molecule has 0 saturated heterocycles. The molecule has 0 N–H and O–H groups in total. The first-order valence-electron chi connectivity index (χ1n) is 0. The van der Waals surface area contributed by atoms with Gasteiger partial charge in [-0.15, -0.1) is 0 Å². The van der Waals surface area contributed by atoms with E-state index in [9.17, 15) is 0 Å². The maximum Gasteiger partial charge on any atom is 2.00 e. The van der Waals surface area contributed by atoms with Crippen LogP contribution in [0.15, 0.2) is 0 Å². The average Bonchev–Trinajstić information content (AvgIpc) is 0. The first-order chi connectivity index (χ1) is 0. The van der Waals surface area contributed by atoms with Gasteiger partial charge in [-0.25, -0.2) is 0 Å². The van der Waals surface area contributed by atoms with Crippen molar-refractivity contribution < 1.29 is 131 Å². The van der Waals surface area contributed by atoms with E-state index in [1.807, 2.05) is 0 Å². The summed E-state index contributed by atoms with van der Waals surface area (Å²) in [5.41, 5.74) is 0.